The van der Waals surface area contributed by atoms with Crippen LogP contribution in [-0.4, -0.2) is 73.5 Å². The van der Waals surface area contributed by atoms with E-state index in [1.807, 2.05) is 18.2 Å². The summed E-state index contributed by atoms with van der Waals surface area (Å²) >= 11 is 1.17. The van der Waals surface area contributed by atoms with Crippen LogP contribution in [0.5, 0.6) is 0 Å². The van der Waals surface area contributed by atoms with Gasteiger partial charge < -0.3 is 19.8 Å². The number of aromatic nitrogens is 3. The number of carbonyl (C=O) groups excluding carboxylic acids is 3. The van der Waals surface area contributed by atoms with Gasteiger partial charge in [-0.1, -0.05) is 18.2 Å². The number of methoxy groups -OCH3 is 1. The molecule has 2 unspecified atom stereocenters. The van der Waals surface area contributed by atoms with Crippen molar-refractivity contribution in [1.82, 2.24) is 31.1 Å². The number of fused-ring (bicyclic) bond motifs is 1. The standard InChI is InChI=1S/C26H26N6O7S2/c1-26(24(34)29-25(35)30-26)13-19-31-32-22(39-19)20(41(3,36)37)23-28-17-8-7-15(12-18(17)40-23)14-5-4-6-16(11-14)21(33)27-9-10-38-2/h4-8,11-12,20H,9-10,13H2,1-3H3,(H,27,33)(H2,29,30,34,35). The Labute approximate surface area is 238 Å². The minimum absolute atomic E-state index is 0.0111. The first-order valence-corrected chi connectivity index (χ1v) is 15.2. The van der Waals surface area contributed by atoms with Gasteiger partial charge in [-0.25, -0.2) is 18.2 Å². The Morgan fingerprint density at radius 3 is 2.66 bits per heavy atom. The van der Waals surface area contributed by atoms with Crippen molar-refractivity contribution >= 4 is 49.2 Å². The Bertz CT molecular complexity index is 1770. The zero-order chi connectivity index (χ0) is 29.4. The lowest BCUT2D eigenvalue weighted by Crippen LogP contribution is -2.45. The first-order valence-electron chi connectivity index (χ1n) is 12.4. The topological polar surface area (TPSA) is 182 Å². The van der Waals surface area contributed by atoms with Crippen LogP contribution in [0.25, 0.3) is 21.3 Å². The van der Waals surface area contributed by atoms with Gasteiger partial charge in [-0.2, -0.15) is 0 Å². The molecule has 2 atom stereocenters. The molecule has 4 aromatic rings. The van der Waals surface area contributed by atoms with Crippen LogP contribution in [0.3, 0.4) is 0 Å². The van der Waals surface area contributed by atoms with E-state index in [4.69, 9.17) is 9.15 Å². The molecule has 13 nitrogen and oxygen atoms in total. The lowest BCUT2D eigenvalue weighted by Gasteiger charge is -2.17. The first kappa shape index (κ1) is 28.3. The van der Waals surface area contributed by atoms with Crippen molar-refractivity contribution in [2.75, 3.05) is 26.5 Å². The smallest absolute Gasteiger partial charge is 0.322 e. The summed E-state index contributed by atoms with van der Waals surface area (Å²) in [5.74, 6) is -0.976. The van der Waals surface area contributed by atoms with Gasteiger partial charge in [0.25, 0.3) is 11.8 Å². The highest BCUT2D eigenvalue weighted by Crippen LogP contribution is 2.36. The fraction of sp³-hybridized carbons (Fsp3) is 0.308. The van der Waals surface area contributed by atoms with Crippen molar-refractivity contribution in [3.8, 4) is 11.1 Å². The molecule has 1 fully saturated rings. The lowest BCUT2D eigenvalue weighted by atomic mass is 9.98. The highest BCUT2D eigenvalue weighted by Gasteiger charge is 2.44. The van der Waals surface area contributed by atoms with Gasteiger partial charge in [0, 0.05) is 25.5 Å². The highest BCUT2D eigenvalue weighted by atomic mass is 32.2. The monoisotopic (exact) mass is 598 g/mol. The molecule has 0 spiro atoms. The number of amides is 4. The van der Waals surface area contributed by atoms with Gasteiger partial charge in [0.1, 0.15) is 10.5 Å². The fourth-order valence-electron chi connectivity index (χ4n) is 4.37. The van der Waals surface area contributed by atoms with E-state index in [1.54, 1.807) is 31.4 Å². The van der Waals surface area contributed by atoms with E-state index in [9.17, 15) is 22.8 Å². The Kier molecular flexibility index (Phi) is 7.59. The number of nitrogens with zero attached hydrogens (tertiary/aromatic N) is 3. The summed E-state index contributed by atoms with van der Waals surface area (Å²) in [6.07, 6.45) is 0.925. The number of urea groups is 1. The molecule has 41 heavy (non-hydrogen) atoms. The van der Waals surface area contributed by atoms with E-state index in [1.165, 1.54) is 18.3 Å². The summed E-state index contributed by atoms with van der Waals surface area (Å²) in [7, 11) is -2.24. The molecule has 5 rings (SSSR count). The molecule has 4 amide bonds. The minimum atomic E-state index is -3.81. The van der Waals surface area contributed by atoms with Crippen molar-refractivity contribution in [3.63, 3.8) is 0 Å². The predicted octanol–water partition coefficient (Wildman–Crippen LogP) is 2.00. The number of nitrogens with one attached hydrogen (secondary N) is 3. The number of hydrogen-bond acceptors (Lipinski definition) is 11. The number of imide groups is 1. The number of thiazole rings is 1. The van der Waals surface area contributed by atoms with Crippen LogP contribution in [0.4, 0.5) is 4.79 Å². The molecule has 15 heteroatoms. The molecule has 3 N–H and O–H groups in total. The SMILES string of the molecule is COCCNC(=O)c1cccc(-c2ccc3nc(C(c4nnc(CC5(C)NC(=O)NC5=O)o4)S(C)(=O)=O)sc3c2)c1. The number of sulfone groups is 1. The second-order valence-electron chi connectivity index (χ2n) is 9.72. The second kappa shape index (κ2) is 11.0. The van der Waals surface area contributed by atoms with Gasteiger partial charge in [0.05, 0.1) is 23.2 Å². The zero-order valence-corrected chi connectivity index (χ0v) is 23.9. The molecule has 3 heterocycles. The Morgan fingerprint density at radius 1 is 1.17 bits per heavy atom. The molecular formula is C26H26N6O7S2. The van der Waals surface area contributed by atoms with E-state index in [0.29, 0.717) is 24.2 Å². The van der Waals surface area contributed by atoms with Crippen LogP contribution < -0.4 is 16.0 Å². The molecule has 0 bridgehead atoms. The molecule has 1 aliphatic heterocycles. The maximum atomic E-state index is 12.9. The Morgan fingerprint density at radius 2 is 1.95 bits per heavy atom. The minimum Gasteiger partial charge on any atom is -0.423 e. The van der Waals surface area contributed by atoms with Crippen LogP contribution in [0.15, 0.2) is 46.9 Å². The molecule has 214 valence electrons. The number of carbonyl (C=O) groups is 3. The third-order valence-corrected chi connectivity index (χ3v) is 8.95. The number of ether oxygens (including phenoxy) is 1. The maximum absolute atomic E-state index is 12.9. The second-order valence-corrected chi connectivity index (χ2v) is 12.9. The third kappa shape index (κ3) is 5.96. The third-order valence-electron chi connectivity index (χ3n) is 6.44. The number of hydrogen-bond donors (Lipinski definition) is 3. The van der Waals surface area contributed by atoms with E-state index < -0.39 is 32.6 Å². The highest BCUT2D eigenvalue weighted by molar-refractivity contribution is 7.91. The quantitative estimate of drug-likeness (QED) is 0.180. The van der Waals surface area contributed by atoms with Crippen LogP contribution in [-0.2, 0) is 25.8 Å². The van der Waals surface area contributed by atoms with Crippen LogP contribution >= 0.6 is 11.3 Å². The van der Waals surface area contributed by atoms with Gasteiger partial charge in [0.15, 0.2) is 15.1 Å². The van der Waals surface area contributed by atoms with Crippen LogP contribution in [0.2, 0.25) is 0 Å². The first-order chi connectivity index (χ1) is 19.5. The molecule has 0 aliphatic carbocycles. The molecule has 2 aromatic carbocycles. The molecular weight excluding hydrogens is 572 g/mol. The van der Waals surface area contributed by atoms with Gasteiger partial charge in [0.2, 0.25) is 11.8 Å². The average Bonchev–Trinajstić information content (AvgIpc) is 3.60. The van der Waals surface area contributed by atoms with E-state index in [-0.39, 0.29) is 29.1 Å². The van der Waals surface area contributed by atoms with E-state index in [0.717, 1.165) is 22.1 Å². The van der Waals surface area contributed by atoms with Gasteiger partial charge >= 0.3 is 6.03 Å². The molecule has 1 aliphatic rings. The zero-order valence-electron chi connectivity index (χ0n) is 22.3. The lowest BCUT2D eigenvalue weighted by molar-refractivity contribution is -0.123. The fourth-order valence-corrected chi connectivity index (χ4v) is 6.90. The summed E-state index contributed by atoms with van der Waals surface area (Å²) in [5.41, 5.74) is 1.39. The summed E-state index contributed by atoms with van der Waals surface area (Å²) in [6.45, 7) is 2.30. The van der Waals surface area contributed by atoms with Crippen LogP contribution in [0, 0.1) is 0 Å². The summed E-state index contributed by atoms with van der Waals surface area (Å²) < 4.78 is 37.1. The predicted molar refractivity (Wildman–Crippen MR) is 149 cm³/mol. The average molecular weight is 599 g/mol. The molecule has 1 saturated heterocycles. The van der Waals surface area contributed by atoms with E-state index >= 15 is 0 Å². The van der Waals surface area contributed by atoms with Crippen LogP contribution in [0.1, 0.15) is 39.3 Å². The van der Waals surface area contributed by atoms with Crippen molar-refractivity contribution in [3.05, 3.63) is 64.8 Å². The van der Waals surface area contributed by atoms with Crippen molar-refractivity contribution in [2.24, 2.45) is 0 Å². The summed E-state index contributed by atoms with van der Waals surface area (Å²) in [5, 5.41) is 14.2. The largest absolute Gasteiger partial charge is 0.423 e. The van der Waals surface area contributed by atoms with E-state index in [2.05, 4.69) is 31.1 Å². The summed E-state index contributed by atoms with van der Waals surface area (Å²) in [6, 6.07) is 12.0. The molecule has 2 aromatic heterocycles. The molecule has 0 saturated carbocycles. The van der Waals surface area contributed by atoms with Gasteiger partial charge in [-0.3, -0.25) is 14.9 Å². The maximum Gasteiger partial charge on any atom is 0.322 e. The Hall–Kier alpha value is -4.21. The Balaban J connectivity index is 1.43. The van der Waals surface area contributed by atoms with Gasteiger partial charge in [-0.15, -0.1) is 21.5 Å². The normalized spacial score (nSPS) is 17.8. The number of benzene rings is 2. The summed E-state index contributed by atoms with van der Waals surface area (Å²) in [4.78, 5) is 40.7. The number of rotatable bonds is 10. The van der Waals surface area contributed by atoms with Crippen molar-refractivity contribution in [1.29, 1.82) is 0 Å². The van der Waals surface area contributed by atoms with Gasteiger partial charge in [-0.05, 0) is 42.3 Å². The van der Waals surface area contributed by atoms with Crippen molar-refractivity contribution < 1.29 is 32.0 Å². The van der Waals surface area contributed by atoms with Crippen molar-refractivity contribution in [2.45, 2.75) is 24.1 Å². The molecule has 0 radical (unpaired) electrons.